The molecule has 2 aliphatic rings. The number of aromatic nitrogens is 1. The molecular weight excluding hydrogens is 393 g/mol. The van der Waals surface area contributed by atoms with Crippen LogP contribution in [0.2, 0.25) is 15.1 Å². The molecule has 0 saturated carbocycles. The van der Waals surface area contributed by atoms with Crippen molar-refractivity contribution in [2.75, 3.05) is 29.4 Å². The molecular formula is C19H18Cl3N3O. The predicted octanol–water partition coefficient (Wildman–Crippen LogP) is 5.07. The molecule has 1 aromatic heterocycles. The largest absolute Gasteiger partial charge is 0.354 e. The van der Waals surface area contributed by atoms with E-state index in [9.17, 15) is 4.79 Å². The van der Waals surface area contributed by atoms with Crippen molar-refractivity contribution in [1.29, 1.82) is 0 Å². The lowest BCUT2D eigenvalue weighted by atomic mass is 9.78. The predicted molar refractivity (Wildman–Crippen MR) is 107 cm³/mol. The second-order valence-corrected chi connectivity index (χ2v) is 8.17. The Labute approximate surface area is 167 Å². The van der Waals surface area contributed by atoms with Gasteiger partial charge in [-0.25, -0.2) is 4.98 Å². The van der Waals surface area contributed by atoms with E-state index in [4.69, 9.17) is 34.8 Å². The fraction of sp³-hybridized carbons (Fsp3) is 0.368. The third-order valence-corrected chi connectivity index (χ3v) is 6.13. The average Bonchev–Trinajstić information content (AvgIpc) is 2.92. The van der Waals surface area contributed by atoms with Crippen LogP contribution in [0.15, 0.2) is 36.5 Å². The second-order valence-electron chi connectivity index (χ2n) is 6.92. The van der Waals surface area contributed by atoms with Gasteiger partial charge in [0.25, 0.3) is 0 Å². The molecule has 26 heavy (non-hydrogen) atoms. The second kappa shape index (κ2) is 6.91. The number of hydrogen-bond donors (Lipinski definition) is 0. The number of anilines is 2. The Bertz CT molecular complexity index is 860. The van der Waals surface area contributed by atoms with Crippen molar-refractivity contribution < 1.29 is 4.79 Å². The molecule has 2 fully saturated rings. The fourth-order valence-corrected chi connectivity index (χ4v) is 4.79. The van der Waals surface area contributed by atoms with E-state index in [1.807, 2.05) is 29.2 Å². The molecule has 7 heteroatoms. The molecule has 1 amide bonds. The topological polar surface area (TPSA) is 36.4 Å². The van der Waals surface area contributed by atoms with E-state index in [0.29, 0.717) is 34.0 Å². The maximum absolute atomic E-state index is 13.3. The number of carbonyl (C=O) groups is 1. The van der Waals surface area contributed by atoms with Gasteiger partial charge in [-0.3, -0.25) is 4.79 Å². The van der Waals surface area contributed by atoms with Crippen molar-refractivity contribution in [2.45, 2.75) is 19.3 Å². The number of para-hydroxylation sites is 1. The molecule has 1 spiro atoms. The molecule has 0 unspecified atom stereocenters. The molecule has 4 nitrogen and oxygen atoms in total. The maximum atomic E-state index is 13.3. The zero-order valence-corrected chi connectivity index (χ0v) is 16.4. The van der Waals surface area contributed by atoms with E-state index < -0.39 is 5.41 Å². The summed E-state index contributed by atoms with van der Waals surface area (Å²) in [7, 11) is 0. The molecule has 3 heterocycles. The van der Waals surface area contributed by atoms with Gasteiger partial charge in [-0.2, -0.15) is 0 Å². The fourth-order valence-electron chi connectivity index (χ4n) is 4.05. The summed E-state index contributed by atoms with van der Waals surface area (Å²) >= 11 is 18.6. The van der Waals surface area contributed by atoms with Crippen LogP contribution < -0.4 is 9.80 Å². The molecule has 2 aromatic rings. The number of rotatable bonds is 2. The minimum Gasteiger partial charge on any atom is -0.354 e. The summed E-state index contributed by atoms with van der Waals surface area (Å²) in [6, 6.07) is 9.19. The van der Waals surface area contributed by atoms with E-state index in [1.165, 1.54) is 0 Å². The lowest BCUT2D eigenvalue weighted by molar-refractivity contribution is -0.126. The first-order chi connectivity index (χ1) is 12.5. The number of halogens is 3. The van der Waals surface area contributed by atoms with Crippen LogP contribution in [0.4, 0.5) is 11.5 Å². The van der Waals surface area contributed by atoms with Gasteiger partial charge >= 0.3 is 0 Å². The Hall–Kier alpha value is -1.49. The maximum Gasteiger partial charge on any atom is 0.235 e. The van der Waals surface area contributed by atoms with Crippen LogP contribution in [-0.4, -0.2) is 30.5 Å². The van der Waals surface area contributed by atoms with E-state index >= 15 is 0 Å². The Morgan fingerprint density at radius 3 is 2.62 bits per heavy atom. The Balaban J connectivity index is 1.61. The van der Waals surface area contributed by atoms with Crippen LogP contribution in [-0.2, 0) is 4.79 Å². The van der Waals surface area contributed by atoms with Crippen LogP contribution >= 0.6 is 34.8 Å². The molecule has 0 N–H and O–H groups in total. The number of piperidine rings is 1. The standard InChI is InChI=1S/C19H18Cl3N3O/c20-13-10-15(22)17(23-11-13)24-8-3-6-19(12-24)7-9-25(18(19)26)16-5-2-1-4-14(16)21/h1-2,4-5,10-11H,3,6-9,12H2/t19-/m0/s1. The molecule has 0 bridgehead atoms. The monoisotopic (exact) mass is 409 g/mol. The van der Waals surface area contributed by atoms with Gasteiger partial charge in [0.15, 0.2) is 0 Å². The Kier molecular flexibility index (Phi) is 4.76. The minimum atomic E-state index is -0.415. The number of pyridine rings is 1. The van der Waals surface area contributed by atoms with Crippen molar-refractivity contribution in [3.8, 4) is 0 Å². The van der Waals surface area contributed by atoms with E-state index in [-0.39, 0.29) is 5.91 Å². The summed E-state index contributed by atoms with van der Waals surface area (Å²) < 4.78 is 0. The lowest BCUT2D eigenvalue weighted by Crippen LogP contribution is -2.48. The summed E-state index contributed by atoms with van der Waals surface area (Å²) in [5.74, 6) is 0.833. The van der Waals surface area contributed by atoms with Crippen molar-refractivity contribution in [1.82, 2.24) is 4.98 Å². The third-order valence-electron chi connectivity index (χ3n) is 5.32. The van der Waals surface area contributed by atoms with Crippen molar-refractivity contribution in [3.63, 3.8) is 0 Å². The summed E-state index contributed by atoms with van der Waals surface area (Å²) in [6.45, 7) is 2.12. The number of benzene rings is 1. The normalized spacial score (nSPS) is 23.1. The number of amides is 1. The van der Waals surface area contributed by atoms with Gasteiger partial charge in [-0.1, -0.05) is 46.9 Å². The van der Waals surface area contributed by atoms with Crippen molar-refractivity contribution in [3.05, 3.63) is 51.6 Å². The SMILES string of the molecule is O=C1N(c2ccccc2Cl)CC[C@]12CCCN(c1ncc(Cl)cc1Cl)C2. The number of carbonyl (C=O) groups excluding carboxylic acids is 1. The quantitative estimate of drug-likeness (QED) is 0.694. The molecule has 0 aliphatic carbocycles. The first kappa shape index (κ1) is 17.9. The smallest absolute Gasteiger partial charge is 0.235 e. The van der Waals surface area contributed by atoms with Crippen molar-refractivity contribution in [2.24, 2.45) is 5.41 Å². The van der Waals surface area contributed by atoms with Crippen molar-refractivity contribution >= 4 is 52.2 Å². The highest BCUT2D eigenvalue weighted by atomic mass is 35.5. The highest BCUT2D eigenvalue weighted by Crippen LogP contribution is 2.44. The van der Waals surface area contributed by atoms with Gasteiger partial charge in [0.2, 0.25) is 5.91 Å². The van der Waals surface area contributed by atoms with E-state index in [2.05, 4.69) is 9.88 Å². The zero-order chi connectivity index (χ0) is 18.3. The highest BCUT2D eigenvalue weighted by molar-refractivity contribution is 6.36. The van der Waals surface area contributed by atoms with Crippen LogP contribution in [0.3, 0.4) is 0 Å². The summed E-state index contributed by atoms with van der Waals surface area (Å²) in [5, 5.41) is 1.63. The first-order valence-corrected chi connectivity index (χ1v) is 9.76. The molecule has 1 atom stereocenters. The minimum absolute atomic E-state index is 0.139. The van der Waals surface area contributed by atoms with Gasteiger partial charge in [-0.15, -0.1) is 0 Å². The van der Waals surface area contributed by atoms with Crippen LogP contribution in [0.1, 0.15) is 19.3 Å². The van der Waals surface area contributed by atoms with Crippen LogP contribution in [0.5, 0.6) is 0 Å². The first-order valence-electron chi connectivity index (χ1n) is 8.63. The molecule has 0 radical (unpaired) electrons. The molecule has 136 valence electrons. The molecule has 2 saturated heterocycles. The Morgan fingerprint density at radius 2 is 1.85 bits per heavy atom. The summed E-state index contributed by atoms with van der Waals surface area (Å²) in [4.78, 5) is 21.6. The van der Waals surface area contributed by atoms with E-state index in [0.717, 1.165) is 31.5 Å². The van der Waals surface area contributed by atoms with Crippen LogP contribution in [0, 0.1) is 5.41 Å². The van der Waals surface area contributed by atoms with Crippen LogP contribution in [0.25, 0.3) is 0 Å². The zero-order valence-electron chi connectivity index (χ0n) is 14.1. The highest BCUT2D eigenvalue weighted by Gasteiger charge is 2.49. The molecule has 4 rings (SSSR count). The summed E-state index contributed by atoms with van der Waals surface area (Å²) in [5.41, 5.74) is 0.373. The lowest BCUT2D eigenvalue weighted by Gasteiger charge is -2.40. The Morgan fingerprint density at radius 1 is 1.04 bits per heavy atom. The van der Waals surface area contributed by atoms with Gasteiger partial charge in [0, 0.05) is 25.8 Å². The van der Waals surface area contributed by atoms with Gasteiger partial charge in [-0.05, 0) is 37.5 Å². The molecule has 1 aromatic carbocycles. The average molecular weight is 411 g/mol. The van der Waals surface area contributed by atoms with Gasteiger partial charge in [0.1, 0.15) is 5.82 Å². The number of hydrogen-bond acceptors (Lipinski definition) is 3. The summed E-state index contributed by atoms with van der Waals surface area (Å²) in [6.07, 6.45) is 4.19. The molecule has 2 aliphatic heterocycles. The third kappa shape index (κ3) is 3.04. The van der Waals surface area contributed by atoms with Gasteiger partial charge in [0.05, 0.1) is 26.2 Å². The van der Waals surface area contributed by atoms with Gasteiger partial charge < -0.3 is 9.80 Å². The number of nitrogens with zero attached hydrogens (tertiary/aromatic N) is 3. The van der Waals surface area contributed by atoms with E-state index in [1.54, 1.807) is 12.3 Å².